The minimum atomic E-state index is -3.73. The summed E-state index contributed by atoms with van der Waals surface area (Å²) in [5.41, 5.74) is -0.348. The molecule has 1 N–H and O–H groups in total. The quantitative estimate of drug-likeness (QED) is 0.767. The van der Waals surface area contributed by atoms with Gasteiger partial charge in [0, 0.05) is 25.5 Å². The molecule has 4 rings (SSSR count). The molecule has 2 aromatic rings. The molecule has 26 heavy (non-hydrogen) atoms. The van der Waals surface area contributed by atoms with E-state index in [1.54, 1.807) is 41.4 Å². The molecule has 1 aromatic heterocycles. The van der Waals surface area contributed by atoms with E-state index in [4.69, 9.17) is 4.74 Å². The van der Waals surface area contributed by atoms with Gasteiger partial charge < -0.3 is 14.2 Å². The molecule has 0 saturated carbocycles. The average Bonchev–Trinajstić information content (AvgIpc) is 2.76. The van der Waals surface area contributed by atoms with Crippen molar-refractivity contribution in [3.05, 3.63) is 54.4 Å². The number of nitrogens with one attached hydrogen (secondary N) is 1. The molecule has 8 heteroatoms. The van der Waals surface area contributed by atoms with Gasteiger partial charge in [-0.05, 0) is 37.1 Å². The molecule has 2 aliphatic heterocycles. The van der Waals surface area contributed by atoms with Crippen LogP contribution in [0.4, 0.5) is 0 Å². The summed E-state index contributed by atoms with van der Waals surface area (Å²) in [5, 5.41) is 0. The van der Waals surface area contributed by atoms with Crippen LogP contribution in [-0.2, 0) is 14.6 Å². The van der Waals surface area contributed by atoms with Crippen molar-refractivity contribution in [2.45, 2.75) is 23.3 Å². The number of hydrogen-bond donors (Lipinski definition) is 1. The molecule has 3 heterocycles. The molecule has 1 fully saturated rings. The lowest BCUT2D eigenvalue weighted by Crippen LogP contribution is -2.62. The highest BCUT2D eigenvalue weighted by atomic mass is 32.3. The first-order chi connectivity index (χ1) is 12.5. The number of amides is 1. The normalized spacial score (nSPS) is 28.1. The van der Waals surface area contributed by atoms with Crippen molar-refractivity contribution in [2.24, 2.45) is 0 Å². The molecule has 1 saturated heterocycles. The molecule has 1 spiro atoms. The zero-order valence-corrected chi connectivity index (χ0v) is 14.9. The van der Waals surface area contributed by atoms with E-state index in [2.05, 4.69) is 9.71 Å². The summed E-state index contributed by atoms with van der Waals surface area (Å²) < 4.78 is 34.2. The Balaban J connectivity index is 1.61. The molecule has 1 aromatic carbocycles. The summed E-state index contributed by atoms with van der Waals surface area (Å²) in [7, 11) is -3.73. The molecule has 0 radical (unpaired) electrons. The standard InChI is InChI=1S/C18H19N3O4S/c22-17(14-5-3-9-19-11-14)21-10-4-8-18(12-21)13-25-15-6-1-2-7-16(15)26(23,24)20-18/h1-3,5-7,9,11H,4,8,10,12-13H2,(H-,20,23,24). The van der Waals surface area contributed by atoms with Crippen LogP contribution in [0.2, 0.25) is 0 Å². The van der Waals surface area contributed by atoms with Crippen LogP contribution in [0, 0.1) is 0 Å². The summed E-state index contributed by atoms with van der Waals surface area (Å²) in [6, 6.07) is 10.00. The summed E-state index contributed by atoms with van der Waals surface area (Å²) in [5.74, 6) is 0.186. The van der Waals surface area contributed by atoms with Gasteiger partial charge in [-0.2, -0.15) is 0 Å². The number of piperidine rings is 1. The summed E-state index contributed by atoms with van der Waals surface area (Å²) >= 11 is 0. The zero-order valence-electron chi connectivity index (χ0n) is 14.1. The second-order valence-corrected chi connectivity index (χ2v) is 8.34. The molecule has 0 aliphatic carbocycles. The molecule has 1 amide bonds. The van der Waals surface area contributed by atoms with Gasteiger partial charge in [0.2, 0.25) is 4.90 Å². The Morgan fingerprint density at radius 2 is 2.15 bits per heavy atom. The maximum Gasteiger partial charge on any atom is 0.255 e. The maximum absolute atomic E-state index is 12.8. The number of pyridine rings is 1. The van der Waals surface area contributed by atoms with Gasteiger partial charge in [0.25, 0.3) is 5.91 Å². The summed E-state index contributed by atoms with van der Waals surface area (Å²) in [6.45, 7) is 1.01. The third kappa shape index (κ3) is 3.11. The Labute approximate surface area is 152 Å². The second kappa shape index (κ2) is 6.46. The first kappa shape index (κ1) is 17.1. The van der Waals surface area contributed by atoms with Crippen molar-refractivity contribution >= 4 is 16.3 Å². The third-order valence-corrected chi connectivity index (χ3v) is 6.38. The Morgan fingerprint density at radius 1 is 1.31 bits per heavy atom. The highest BCUT2D eigenvalue weighted by Crippen LogP contribution is 2.35. The van der Waals surface area contributed by atoms with Gasteiger partial charge >= 0.3 is 0 Å². The van der Waals surface area contributed by atoms with Crippen LogP contribution >= 0.6 is 0 Å². The van der Waals surface area contributed by atoms with Crippen molar-refractivity contribution in [2.75, 3.05) is 19.7 Å². The topological polar surface area (TPSA) is 94.6 Å². The van der Waals surface area contributed by atoms with Gasteiger partial charge in [-0.1, -0.05) is 16.3 Å². The van der Waals surface area contributed by atoms with E-state index >= 15 is 0 Å². The number of carbonyl (C=O) groups excluding carboxylic acids is 1. The van der Waals surface area contributed by atoms with Crippen molar-refractivity contribution in [1.82, 2.24) is 14.6 Å². The minimum absolute atomic E-state index is 0.132. The number of aromatic nitrogens is 1. The maximum atomic E-state index is 12.8. The van der Waals surface area contributed by atoms with Crippen LogP contribution in [0.3, 0.4) is 0 Å². The lowest BCUT2D eigenvalue weighted by molar-refractivity contribution is 0.0551. The second-order valence-electron chi connectivity index (χ2n) is 6.69. The van der Waals surface area contributed by atoms with E-state index in [0.717, 1.165) is 0 Å². The number of sulfonamides is 1. The first-order valence-electron chi connectivity index (χ1n) is 8.44. The van der Waals surface area contributed by atoms with Crippen LogP contribution in [0.15, 0.2) is 53.7 Å². The lowest BCUT2D eigenvalue weighted by Gasteiger charge is -2.41. The highest BCUT2D eigenvalue weighted by molar-refractivity contribution is 7.96. The number of benzene rings is 1. The largest absolute Gasteiger partial charge is 0.593 e. The Bertz CT molecular complexity index is 876. The fourth-order valence-corrected chi connectivity index (χ4v) is 5.11. The number of ether oxygens (including phenoxy) is 1. The van der Waals surface area contributed by atoms with Crippen LogP contribution in [-0.4, -0.2) is 45.6 Å². The van der Waals surface area contributed by atoms with Gasteiger partial charge in [-0.15, -0.1) is 4.72 Å². The molecular weight excluding hydrogens is 354 g/mol. The smallest absolute Gasteiger partial charge is 0.255 e. The molecule has 2 atom stereocenters. The molecular formula is C18H19N3O4S. The third-order valence-electron chi connectivity index (χ3n) is 4.77. The van der Waals surface area contributed by atoms with Crippen molar-refractivity contribution < 1.29 is 18.3 Å². The Morgan fingerprint density at radius 3 is 2.96 bits per heavy atom. The number of fused-ring (bicyclic) bond motifs is 1. The molecule has 136 valence electrons. The molecule has 2 unspecified atom stereocenters. The predicted octanol–water partition coefficient (Wildman–Crippen LogP) is 1.64. The van der Waals surface area contributed by atoms with Gasteiger partial charge in [-0.25, -0.2) is 0 Å². The van der Waals surface area contributed by atoms with E-state index in [1.165, 1.54) is 12.3 Å². The molecule has 0 bridgehead atoms. The molecule has 2 aliphatic rings. The number of rotatable bonds is 1. The fourth-order valence-electron chi connectivity index (χ4n) is 3.55. The van der Waals surface area contributed by atoms with Gasteiger partial charge in [0.1, 0.15) is 12.1 Å². The van der Waals surface area contributed by atoms with E-state index < -0.39 is 15.9 Å². The highest BCUT2D eigenvalue weighted by Gasteiger charge is 2.47. The van der Waals surface area contributed by atoms with Crippen LogP contribution in [0.1, 0.15) is 23.2 Å². The van der Waals surface area contributed by atoms with E-state index in [9.17, 15) is 13.6 Å². The number of para-hydroxylation sites is 1. The average molecular weight is 373 g/mol. The SMILES string of the molecule is O=C(c1cccnc1)N1CCCC2(COc3ccccc3[S+](=O)([O-])N2)C1. The number of carbonyl (C=O) groups is 1. The van der Waals surface area contributed by atoms with Crippen LogP contribution in [0.25, 0.3) is 0 Å². The van der Waals surface area contributed by atoms with Gasteiger partial charge in [0.05, 0.1) is 5.56 Å². The van der Waals surface area contributed by atoms with Gasteiger partial charge in [-0.3, -0.25) is 9.78 Å². The zero-order chi connectivity index (χ0) is 18.2. The fraction of sp³-hybridized carbons (Fsp3) is 0.333. The molecule has 7 nitrogen and oxygen atoms in total. The Hall–Kier alpha value is -2.29. The summed E-state index contributed by atoms with van der Waals surface area (Å²) in [6.07, 6.45) is 4.43. The number of nitrogens with zero attached hydrogens (tertiary/aromatic N) is 2. The van der Waals surface area contributed by atoms with Gasteiger partial charge in [0.15, 0.2) is 16.1 Å². The monoisotopic (exact) mass is 373 g/mol. The van der Waals surface area contributed by atoms with Crippen molar-refractivity contribution in [1.29, 1.82) is 0 Å². The van der Waals surface area contributed by atoms with Crippen molar-refractivity contribution in [3.63, 3.8) is 0 Å². The van der Waals surface area contributed by atoms with E-state index in [0.29, 0.717) is 30.7 Å². The van der Waals surface area contributed by atoms with Crippen LogP contribution < -0.4 is 9.46 Å². The lowest BCUT2D eigenvalue weighted by atomic mass is 9.90. The van der Waals surface area contributed by atoms with E-state index in [1.807, 2.05) is 0 Å². The van der Waals surface area contributed by atoms with Crippen molar-refractivity contribution in [3.8, 4) is 5.75 Å². The first-order valence-corrected chi connectivity index (χ1v) is 9.93. The minimum Gasteiger partial charge on any atom is -0.593 e. The van der Waals surface area contributed by atoms with E-state index in [-0.39, 0.29) is 24.0 Å². The Kier molecular flexibility index (Phi) is 4.26. The van der Waals surface area contributed by atoms with Crippen LogP contribution in [0.5, 0.6) is 5.75 Å². The summed E-state index contributed by atoms with van der Waals surface area (Å²) in [4.78, 5) is 18.5. The predicted molar refractivity (Wildman–Crippen MR) is 94.3 cm³/mol. The number of hydrogen-bond acceptors (Lipinski definition) is 5. The number of likely N-dealkylation sites (tertiary alicyclic amines) is 1.